The van der Waals surface area contributed by atoms with E-state index in [4.69, 9.17) is 5.73 Å². The number of aliphatic carboxylic acids is 1. The van der Waals surface area contributed by atoms with E-state index in [2.05, 4.69) is 0 Å². The molecule has 1 aliphatic rings. The monoisotopic (exact) mass is 270 g/mol. The second-order valence-corrected chi connectivity index (χ2v) is 5.63. The Bertz CT molecular complexity index is 353. The molecular formula is C14H26N2O3. The number of likely N-dealkylation sites (tertiary alicyclic amines) is 1. The molecule has 1 heterocycles. The normalized spacial score (nSPS) is 24.3. The Labute approximate surface area is 115 Å². The van der Waals surface area contributed by atoms with Crippen molar-refractivity contribution < 1.29 is 14.7 Å². The third-order valence-electron chi connectivity index (χ3n) is 4.68. The Balaban J connectivity index is 2.91. The van der Waals surface area contributed by atoms with Crippen LogP contribution in [-0.4, -0.2) is 40.5 Å². The van der Waals surface area contributed by atoms with Gasteiger partial charge in [0.25, 0.3) is 0 Å². The van der Waals surface area contributed by atoms with Gasteiger partial charge in [0.2, 0.25) is 5.91 Å². The molecule has 5 heteroatoms. The van der Waals surface area contributed by atoms with E-state index in [1.54, 1.807) is 4.90 Å². The molecule has 0 aromatic carbocycles. The van der Waals surface area contributed by atoms with Gasteiger partial charge in [-0.25, -0.2) is 0 Å². The minimum Gasteiger partial charge on any atom is -0.481 e. The highest BCUT2D eigenvalue weighted by atomic mass is 16.4. The second kappa shape index (κ2) is 5.90. The first-order chi connectivity index (χ1) is 8.85. The summed E-state index contributed by atoms with van der Waals surface area (Å²) >= 11 is 0. The predicted octanol–water partition coefficient (Wildman–Crippen LogP) is 1.61. The van der Waals surface area contributed by atoms with Crippen LogP contribution in [0.2, 0.25) is 0 Å². The number of nitrogens with zero attached hydrogens (tertiary/aromatic N) is 1. The predicted molar refractivity (Wildman–Crippen MR) is 73.7 cm³/mol. The number of carbonyl (C=O) groups excluding carboxylic acids is 1. The molecule has 5 nitrogen and oxygen atoms in total. The maximum atomic E-state index is 12.5. The molecule has 1 atom stereocenters. The summed E-state index contributed by atoms with van der Waals surface area (Å²) in [6.45, 7) is 6.58. The smallest absolute Gasteiger partial charge is 0.311 e. The van der Waals surface area contributed by atoms with Crippen molar-refractivity contribution in [3.63, 3.8) is 0 Å². The molecule has 1 fully saturated rings. The quantitative estimate of drug-likeness (QED) is 0.795. The summed E-state index contributed by atoms with van der Waals surface area (Å²) in [4.78, 5) is 25.7. The Morgan fingerprint density at radius 1 is 1.32 bits per heavy atom. The van der Waals surface area contributed by atoms with Crippen molar-refractivity contribution in [3.05, 3.63) is 0 Å². The van der Waals surface area contributed by atoms with Crippen molar-refractivity contribution in [1.82, 2.24) is 4.90 Å². The summed E-state index contributed by atoms with van der Waals surface area (Å²) in [6, 6.07) is 0. The lowest BCUT2D eigenvalue weighted by Gasteiger charge is -2.42. The van der Waals surface area contributed by atoms with Crippen LogP contribution in [0.1, 0.15) is 52.9 Å². The van der Waals surface area contributed by atoms with E-state index in [1.165, 1.54) is 0 Å². The fourth-order valence-corrected chi connectivity index (χ4v) is 2.79. The number of carbonyl (C=O) groups is 2. The van der Waals surface area contributed by atoms with Crippen molar-refractivity contribution in [2.75, 3.05) is 13.1 Å². The van der Waals surface area contributed by atoms with Crippen LogP contribution < -0.4 is 5.73 Å². The number of carboxylic acids is 1. The van der Waals surface area contributed by atoms with Crippen LogP contribution in [0.4, 0.5) is 0 Å². The average Bonchev–Trinajstić information content (AvgIpc) is 2.45. The lowest BCUT2D eigenvalue weighted by Crippen LogP contribution is -2.59. The van der Waals surface area contributed by atoms with Gasteiger partial charge in [0.15, 0.2) is 0 Å². The van der Waals surface area contributed by atoms with E-state index >= 15 is 0 Å². The molecule has 19 heavy (non-hydrogen) atoms. The number of nitrogens with two attached hydrogens (primary N) is 1. The third-order valence-corrected chi connectivity index (χ3v) is 4.68. The van der Waals surface area contributed by atoms with Gasteiger partial charge in [-0.3, -0.25) is 9.59 Å². The summed E-state index contributed by atoms with van der Waals surface area (Å²) < 4.78 is 0. The fraction of sp³-hybridized carbons (Fsp3) is 0.857. The Morgan fingerprint density at radius 2 is 1.89 bits per heavy atom. The Kier molecular flexibility index (Phi) is 4.96. The number of carboxylic acid groups (broad SMARTS) is 1. The molecular weight excluding hydrogens is 244 g/mol. The molecule has 0 aromatic heterocycles. The van der Waals surface area contributed by atoms with Gasteiger partial charge in [-0.2, -0.15) is 0 Å². The van der Waals surface area contributed by atoms with Gasteiger partial charge in [-0.05, 0) is 32.1 Å². The van der Waals surface area contributed by atoms with E-state index in [0.29, 0.717) is 32.2 Å². The largest absolute Gasteiger partial charge is 0.481 e. The molecule has 1 rings (SSSR count). The molecule has 1 saturated heterocycles. The van der Waals surface area contributed by atoms with Crippen LogP contribution in [0.25, 0.3) is 0 Å². The highest BCUT2D eigenvalue weighted by molar-refractivity contribution is 5.87. The van der Waals surface area contributed by atoms with Gasteiger partial charge in [-0.15, -0.1) is 0 Å². The van der Waals surface area contributed by atoms with Crippen molar-refractivity contribution >= 4 is 11.9 Å². The van der Waals surface area contributed by atoms with E-state index in [0.717, 1.165) is 6.42 Å². The molecule has 0 radical (unpaired) electrons. The SMILES string of the molecule is CCC(N)(CC)C(=O)N1CCCC(CC)(C(=O)O)C1. The minimum atomic E-state index is -0.852. The van der Waals surface area contributed by atoms with Gasteiger partial charge < -0.3 is 15.7 Å². The lowest BCUT2D eigenvalue weighted by molar-refractivity contribution is -0.156. The Hall–Kier alpha value is -1.10. The zero-order chi connectivity index (χ0) is 14.7. The van der Waals surface area contributed by atoms with E-state index in [-0.39, 0.29) is 12.5 Å². The maximum Gasteiger partial charge on any atom is 0.311 e. The van der Waals surface area contributed by atoms with E-state index < -0.39 is 16.9 Å². The molecule has 0 aromatic rings. The van der Waals surface area contributed by atoms with Crippen LogP contribution in [-0.2, 0) is 9.59 Å². The first-order valence-corrected chi connectivity index (χ1v) is 7.17. The van der Waals surface area contributed by atoms with Crippen molar-refractivity contribution in [2.45, 2.75) is 58.4 Å². The molecule has 110 valence electrons. The molecule has 0 bridgehead atoms. The molecule has 0 spiro atoms. The summed E-state index contributed by atoms with van der Waals surface area (Å²) in [7, 11) is 0. The van der Waals surface area contributed by atoms with Crippen molar-refractivity contribution in [3.8, 4) is 0 Å². The van der Waals surface area contributed by atoms with Gasteiger partial charge in [-0.1, -0.05) is 20.8 Å². The minimum absolute atomic E-state index is 0.101. The molecule has 1 amide bonds. The summed E-state index contributed by atoms with van der Waals surface area (Å²) in [5, 5.41) is 9.44. The number of piperidine rings is 1. The fourth-order valence-electron chi connectivity index (χ4n) is 2.79. The maximum absolute atomic E-state index is 12.5. The number of amides is 1. The number of rotatable bonds is 5. The van der Waals surface area contributed by atoms with Crippen LogP contribution >= 0.6 is 0 Å². The highest BCUT2D eigenvalue weighted by Gasteiger charge is 2.44. The number of hydrogen-bond donors (Lipinski definition) is 2. The molecule has 0 saturated carbocycles. The standard InChI is InChI=1S/C14H26N2O3/c1-4-13(12(18)19)8-7-9-16(10-13)11(17)14(15,5-2)6-3/h4-10,15H2,1-3H3,(H,18,19). The van der Waals surface area contributed by atoms with Crippen LogP contribution in [0, 0.1) is 5.41 Å². The van der Waals surface area contributed by atoms with Gasteiger partial charge >= 0.3 is 5.97 Å². The molecule has 1 aliphatic heterocycles. The van der Waals surface area contributed by atoms with Gasteiger partial charge in [0.1, 0.15) is 0 Å². The van der Waals surface area contributed by atoms with Crippen molar-refractivity contribution in [1.29, 1.82) is 0 Å². The number of hydrogen-bond acceptors (Lipinski definition) is 3. The van der Waals surface area contributed by atoms with E-state index in [1.807, 2.05) is 20.8 Å². The van der Waals surface area contributed by atoms with Gasteiger partial charge in [0.05, 0.1) is 11.0 Å². The lowest BCUT2D eigenvalue weighted by atomic mass is 9.77. The zero-order valence-electron chi connectivity index (χ0n) is 12.2. The van der Waals surface area contributed by atoms with Gasteiger partial charge in [0, 0.05) is 13.1 Å². The molecule has 0 aliphatic carbocycles. The van der Waals surface area contributed by atoms with Crippen molar-refractivity contribution in [2.24, 2.45) is 11.1 Å². The average molecular weight is 270 g/mol. The first kappa shape index (κ1) is 16.0. The first-order valence-electron chi connectivity index (χ1n) is 7.17. The van der Waals surface area contributed by atoms with E-state index in [9.17, 15) is 14.7 Å². The summed E-state index contributed by atoms with van der Waals surface area (Å²) in [6.07, 6.45) is 3.06. The summed E-state index contributed by atoms with van der Waals surface area (Å²) in [5.41, 5.74) is 4.49. The second-order valence-electron chi connectivity index (χ2n) is 5.63. The third kappa shape index (κ3) is 2.91. The van der Waals surface area contributed by atoms with Crippen LogP contribution in [0.5, 0.6) is 0 Å². The topological polar surface area (TPSA) is 83.6 Å². The zero-order valence-corrected chi connectivity index (χ0v) is 12.2. The molecule has 1 unspecified atom stereocenters. The van der Waals surface area contributed by atoms with Crippen LogP contribution in [0.15, 0.2) is 0 Å². The summed E-state index contributed by atoms with van der Waals surface area (Å²) in [5.74, 6) is -0.903. The van der Waals surface area contributed by atoms with Crippen LogP contribution in [0.3, 0.4) is 0 Å². The molecule has 3 N–H and O–H groups in total. The Morgan fingerprint density at radius 3 is 2.32 bits per heavy atom. The highest BCUT2D eigenvalue weighted by Crippen LogP contribution is 2.34.